The molecule has 0 saturated heterocycles. The zero-order chi connectivity index (χ0) is 9.56. The van der Waals surface area contributed by atoms with Crippen LogP contribution in [0.3, 0.4) is 0 Å². The summed E-state index contributed by atoms with van der Waals surface area (Å²) in [5.74, 6) is 1.01. The van der Waals surface area contributed by atoms with Gasteiger partial charge in [0.15, 0.2) is 0 Å². The van der Waals surface area contributed by atoms with Crippen LogP contribution in [-0.2, 0) is 4.79 Å². The van der Waals surface area contributed by atoms with Gasteiger partial charge in [0.2, 0.25) is 0 Å². The first-order chi connectivity index (χ1) is 5.63. The van der Waals surface area contributed by atoms with Gasteiger partial charge in [0, 0.05) is 11.8 Å². The maximum Gasteiger partial charge on any atom is 0.138 e. The zero-order valence-corrected chi connectivity index (χ0v) is 8.89. The average Bonchev–Trinajstić information content (AvgIpc) is 2.04. The number of hydrogen-bond acceptors (Lipinski definition) is 1. The Kier molecular flexibility index (Phi) is 6.04. The monoisotopic (exact) mass is 170 g/mol. The maximum atomic E-state index is 11.6. The number of carbonyl (C=O) groups is 1. The van der Waals surface area contributed by atoms with Crippen LogP contribution in [0.1, 0.15) is 53.4 Å². The molecule has 0 aromatic heterocycles. The highest BCUT2D eigenvalue weighted by Gasteiger charge is 2.17. The second kappa shape index (κ2) is 6.22. The third-order valence-corrected chi connectivity index (χ3v) is 2.41. The lowest BCUT2D eigenvalue weighted by Crippen LogP contribution is -2.19. The molecule has 2 atom stereocenters. The Morgan fingerprint density at radius 3 is 1.58 bits per heavy atom. The van der Waals surface area contributed by atoms with Gasteiger partial charge in [0.25, 0.3) is 0 Å². The fourth-order valence-corrected chi connectivity index (χ4v) is 1.64. The van der Waals surface area contributed by atoms with E-state index in [1.165, 1.54) is 0 Å². The highest BCUT2D eigenvalue weighted by atomic mass is 16.1. The molecule has 1 nitrogen and oxygen atoms in total. The molecule has 0 aliphatic rings. The molecule has 1 unspecified atom stereocenters. The van der Waals surface area contributed by atoms with Crippen molar-refractivity contribution >= 4 is 5.78 Å². The normalized spacial score (nSPS) is 15.7. The Hall–Kier alpha value is -0.330. The molecule has 12 heavy (non-hydrogen) atoms. The van der Waals surface area contributed by atoms with E-state index in [1.54, 1.807) is 0 Å². The van der Waals surface area contributed by atoms with Crippen LogP contribution in [0.15, 0.2) is 0 Å². The second-order valence-electron chi connectivity index (χ2n) is 3.78. The first kappa shape index (κ1) is 11.7. The van der Waals surface area contributed by atoms with Crippen molar-refractivity contribution in [2.75, 3.05) is 0 Å². The number of Topliss-reactive ketones (excluding diaryl/α,β-unsaturated/α-hetero) is 1. The maximum absolute atomic E-state index is 11.6. The summed E-state index contributed by atoms with van der Waals surface area (Å²) in [6.07, 6.45) is 4.33. The van der Waals surface area contributed by atoms with E-state index >= 15 is 0 Å². The van der Waals surface area contributed by atoms with Gasteiger partial charge >= 0.3 is 0 Å². The first-order valence-electron chi connectivity index (χ1n) is 5.17. The molecule has 0 aromatic carbocycles. The van der Waals surface area contributed by atoms with Crippen LogP contribution in [-0.4, -0.2) is 5.78 Å². The molecule has 0 saturated carbocycles. The molecule has 0 spiro atoms. The van der Waals surface area contributed by atoms with E-state index in [-0.39, 0.29) is 11.8 Å². The van der Waals surface area contributed by atoms with Gasteiger partial charge in [0.05, 0.1) is 0 Å². The third-order valence-electron chi connectivity index (χ3n) is 2.41. The van der Waals surface area contributed by atoms with E-state index < -0.39 is 0 Å². The highest BCUT2D eigenvalue weighted by molar-refractivity contribution is 5.82. The van der Waals surface area contributed by atoms with Crippen LogP contribution in [0, 0.1) is 11.8 Å². The standard InChI is InChI=1S/C11H22O/c1-5-7-9(3)11(12)10(4)8-6-2/h9-10H,5-8H2,1-4H3/t9-,10?/m1/s1. The number of ketones is 1. The van der Waals surface area contributed by atoms with Gasteiger partial charge in [-0.1, -0.05) is 40.5 Å². The molecular formula is C11H22O. The third kappa shape index (κ3) is 3.89. The molecule has 0 bridgehead atoms. The molecule has 0 fully saturated rings. The quantitative estimate of drug-likeness (QED) is 0.597. The summed E-state index contributed by atoms with van der Waals surface area (Å²) in [7, 11) is 0. The molecular weight excluding hydrogens is 148 g/mol. The summed E-state index contributed by atoms with van der Waals surface area (Å²) in [6, 6.07) is 0. The van der Waals surface area contributed by atoms with Crippen molar-refractivity contribution in [2.45, 2.75) is 53.4 Å². The van der Waals surface area contributed by atoms with E-state index in [0.717, 1.165) is 25.7 Å². The van der Waals surface area contributed by atoms with Crippen LogP contribution >= 0.6 is 0 Å². The van der Waals surface area contributed by atoms with Crippen LogP contribution in [0.2, 0.25) is 0 Å². The fraction of sp³-hybridized carbons (Fsp3) is 0.909. The highest BCUT2D eigenvalue weighted by Crippen LogP contribution is 2.16. The van der Waals surface area contributed by atoms with Crippen molar-refractivity contribution in [3.8, 4) is 0 Å². The minimum Gasteiger partial charge on any atom is -0.299 e. The summed E-state index contributed by atoms with van der Waals surface area (Å²) in [6.45, 7) is 8.37. The molecule has 0 N–H and O–H groups in total. The van der Waals surface area contributed by atoms with Crippen LogP contribution in [0.5, 0.6) is 0 Å². The second-order valence-corrected chi connectivity index (χ2v) is 3.78. The molecule has 0 amide bonds. The predicted molar refractivity (Wildman–Crippen MR) is 53.2 cm³/mol. The summed E-state index contributed by atoms with van der Waals surface area (Å²) in [5.41, 5.74) is 0. The number of rotatable bonds is 6. The summed E-state index contributed by atoms with van der Waals surface area (Å²) in [5, 5.41) is 0. The van der Waals surface area contributed by atoms with E-state index in [9.17, 15) is 4.79 Å². The Bertz CT molecular complexity index is 115. The lowest BCUT2D eigenvalue weighted by atomic mass is 9.89. The van der Waals surface area contributed by atoms with E-state index in [2.05, 4.69) is 27.7 Å². The fourth-order valence-electron chi connectivity index (χ4n) is 1.64. The van der Waals surface area contributed by atoms with Crippen molar-refractivity contribution in [3.63, 3.8) is 0 Å². The van der Waals surface area contributed by atoms with Gasteiger partial charge in [-0.25, -0.2) is 0 Å². The van der Waals surface area contributed by atoms with Gasteiger partial charge in [-0.2, -0.15) is 0 Å². The summed E-state index contributed by atoms with van der Waals surface area (Å²) >= 11 is 0. The number of hydrogen-bond donors (Lipinski definition) is 0. The minimum atomic E-state index is 0.275. The van der Waals surface area contributed by atoms with Crippen LogP contribution in [0.25, 0.3) is 0 Å². The zero-order valence-electron chi connectivity index (χ0n) is 8.89. The molecule has 0 aromatic rings. The van der Waals surface area contributed by atoms with Gasteiger partial charge in [0.1, 0.15) is 5.78 Å². The molecule has 0 heterocycles. The molecule has 72 valence electrons. The predicted octanol–water partition coefficient (Wildman–Crippen LogP) is 3.43. The Morgan fingerprint density at radius 2 is 1.33 bits per heavy atom. The summed E-state index contributed by atoms with van der Waals surface area (Å²) in [4.78, 5) is 11.6. The molecule has 0 rings (SSSR count). The topological polar surface area (TPSA) is 17.1 Å². The lowest BCUT2D eigenvalue weighted by molar-refractivity contribution is -0.126. The van der Waals surface area contributed by atoms with Crippen molar-refractivity contribution in [1.29, 1.82) is 0 Å². The lowest BCUT2D eigenvalue weighted by Gasteiger charge is -2.14. The average molecular weight is 170 g/mol. The smallest absolute Gasteiger partial charge is 0.138 e. The SMILES string of the molecule is CCCC(C)C(=O)[C@H](C)CCC. The van der Waals surface area contributed by atoms with Crippen molar-refractivity contribution in [3.05, 3.63) is 0 Å². The van der Waals surface area contributed by atoms with Gasteiger partial charge in [-0.15, -0.1) is 0 Å². The molecule has 1 heteroatoms. The van der Waals surface area contributed by atoms with E-state index in [4.69, 9.17) is 0 Å². The van der Waals surface area contributed by atoms with Gasteiger partial charge < -0.3 is 0 Å². The Morgan fingerprint density at radius 1 is 1.00 bits per heavy atom. The van der Waals surface area contributed by atoms with Gasteiger partial charge in [-0.05, 0) is 12.8 Å². The number of carbonyl (C=O) groups excluding carboxylic acids is 1. The molecule has 0 radical (unpaired) electrons. The van der Waals surface area contributed by atoms with Gasteiger partial charge in [-0.3, -0.25) is 4.79 Å². The summed E-state index contributed by atoms with van der Waals surface area (Å²) < 4.78 is 0. The molecule has 0 aliphatic carbocycles. The largest absolute Gasteiger partial charge is 0.299 e. The van der Waals surface area contributed by atoms with E-state index in [0.29, 0.717) is 5.78 Å². The van der Waals surface area contributed by atoms with Crippen molar-refractivity contribution in [1.82, 2.24) is 0 Å². The Balaban J connectivity index is 3.82. The van der Waals surface area contributed by atoms with Crippen LogP contribution in [0.4, 0.5) is 0 Å². The molecule has 0 aliphatic heterocycles. The minimum absolute atomic E-state index is 0.275. The van der Waals surface area contributed by atoms with Crippen molar-refractivity contribution in [2.24, 2.45) is 11.8 Å². The van der Waals surface area contributed by atoms with Crippen LogP contribution < -0.4 is 0 Å². The Labute approximate surface area is 76.6 Å². The first-order valence-corrected chi connectivity index (χ1v) is 5.17. The van der Waals surface area contributed by atoms with E-state index in [1.807, 2.05) is 0 Å². The van der Waals surface area contributed by atoms with Crippen molar-refractivity contribution < 1.29 is 4.79 Å².